The van der Waals surface area contributed by atoms with Crippen LogP contribution in [0.1, 0.15) is 18.9 Å². The second-order valence-corrected chi connectivity index (χ2v) is 4.64. The molecule has 0 saturated heterocycles. The zero-order valence-electron chi connectivity index (χ0n) is 11.7. The smallest absolute Gasteiger partial charge is 0.221 e. The molecule has 3 rings (SSSR count). The highest BCUT2D eigenvalue weighted by Gasteiger charge is 2.05. The summed E-state index contributed by atoms with van der Waals surface area (Å²) >= 11 is 0. The fourth-order valence-corrected chi connectivity index (χ4v) is 2.12. The second-order valence-electron chi connectivity index (χ2n) is 4.64. The number of hydrogen-bond donors (Lipinski definition) is 3. The molecule has 0 aliphatic heterocycles. The third kappa shape index (κ3) is 2.84. The van der Waals surface area contributed by atoms with Gasteiger partial charge in [-0.15, -0.1) is 0 Å². The average molecular weight is 280 g/mol. The summed E-state index contributed by atoms with van der Waals surface area (Å²) in [5, 5.41) is 11.4. The molecule has 0 aliphatic carbocycles. The van der Waals surface area contributed by atoms with Gasteiger partial charge < -0.3 is 11.1 Å². The van der Waals surface area contributed by atoms with Crippen LogP contribution >= 0.6 is 0 Å². The molecule has 0 radical (unpaired) electrons. The Morgan fingerprint density at radius 2 is 2.29 bits per heavy atom. The molecule has 1 aromatic carbocycles. The normalized spacial score (nSPS) is 11.3. The summed E-state index contributed by atoms with van der Waals surface area (Å²) < 4.78 is 0. The first-order chi connectivity index (χ1) is 10.3. The van der Waals surface area contributed by atoms with Crippen LogP contribution in [0.2, 0.25) is 0 Å². The van der Waals surface area contributed by atoms with Crippen LogP contribution in [0.15, 0.2) is 36.7 Å². The maximum Gasteiger partial charge on any atom is 0.221 e. The van der Waals surface area contributed by atoms with Gasteiger partial charge in [0.25, 0.3) is 0 Å². The number of aromatic nitrogens is 4. The summed E-state index contributed by atoms with van der Waals surface area (Å²) in [6.07, 6.45) is 8.61. The first kappa shape index (κ1) is 13.1. The van der Waals surface area contributed by atoms with Gasteiger partial charge in [0.05, 0.1) is 11.7 Å². The van der Waals surface area contributed by atoms with Gasteiger partial charge in [-0.05, 0) is 24.6 Å². The van der Waals surface area contributed by atoms with E-state index in [0.29, 0.717) is 5.82 Å². The Balaban J connectivity index is 2.00. The van der Waals surface area contributed by atoms with Crippen molar-refractivity contribution < 1.29 is 0 Å². The van der Waals surface area contributed by atoms with Gasteiger partial charge in [0.2, 0.25) is 5.95 Å². The molecule has 0 fully saturated rings. The Morgan fingerprint density at radius 3 is 3.10 bits per heavy atom. The number of benzene rings is 1. The van der Waals surface area contributed by atoms with E-state index in [2.05, 4.69) is 44.6 Å². The van der Waals surface area contributed by atoms with Crippen molar-refractivity contribution in [2.45, 2.75) is 13.3 Å². The Morgan fingerprint density at radius 1 is 1.38 bits per heavy atom. The van der Waals surface area contributed by atoms with Crippen LogP contribution in [0.3, 0.4) is 0 Å². The lowest BCUT2D eigenvalue weighted by Crippen LogP contribution is -1.99. The maximum atomic E-state index is 5.59. The van der Waals surface area contributed by atoms with Gasteiger partial charge in [-0.25, -0.2) is 4.98 Å². The number of nitrogens with zero attached hydrogens (tertiary/aromatic N) is 3. The highest BCUT2D eigenvalue weighted by atomic mass is 15.1. The molecule has 106 valence electrons. The number of hydrogen-bond acceptors (Lipinski definition) is 5. The minimum atomic E-state index is 0.246. The molecule has 2 heterocycles. The molecule has 0 spiro atoms. The Bertz CT molecular complexity index is 790. The number of aromatic amines is 1. The van der Waals surface area contributed by atoms with Crippen molar-refractivity contribution in [3.63, 3.8) is 0 Å². The summed E-state index contributed by atoms with van der Waals surface area (Å²) in [7, 11) is 0. The van der Waals surface area contributed by atoms with Crippen LogP contribution in [0.4, 0.5) is 17.5 Å². The van der Waals surface area contributed by atoms with Gasteiger partial charge in [0.1, 0.15) is 5.82 Å². The molecular formula is C15H16N6. The van der Waals surface area contributed by atoms with Crippen LogP contribution in [0.25, 0.3) is 17.0 Å². The van der Waals surface area contributed by atoms with Gasteiger partial charge in [-0.3, -0.25) is 5.10 Å². The molecule has 0 atom stereocenters. The number of fused-ring (bicyclic) bond motifs is 1. The van der Waals surface area contributed by atoms with E-state index in [0.717, 1.165) is 28.6 Å². The molecule has 3 aromatic rings. The predicted molar refractivity (Wildman–Crippen MR) is 85.1 cm³/mol. The molecule has 6 nitrogen and oxygen atoms in total. The summed E-state index contributed by atoms with van der Waals surface area (Å²) in [6.45, 7) is 2.10. The van der Waals surface area contributed by atoms with E-state index < -0.39 is 0 Å². The highest BCUT2D eigenvalue weighted by Crippen LogP contribution is 2.25. The number of allylic oxidation sites excluding steroid dienone is 1. The SMILES string of the molecule is CC/C=C/c1cc(Nc2ccnc(N)n2)cc2cn[nH]c12. The first-order valence-electron chi connectivity index (χ1n) is 6.75. The zero-order valence-corrected chi connectivity index (χ0v) is 11.7. The molecule has 0 aliphatic rings. The van der Waals surface area contributed by atoms with Crippen molar-refractivity contribution in [3.8, 4) is 0 Å². The van der Waals surface area contributed by atoms with Crippen molar-refractivity contribution in [1.82, 2.24) is 20.2 Å². The Hall–Kier alpha value is -2.89. The van der Waals surface area contributed by atoms with Crippen molar-refractivity contribution in [3.05, 3.63) is 42.2 Å². The zero-order chi connectivity index (χ0) is 14.7. The molecule has 0 saturated carbocycles. The van der Waals surface area contributed by atoms with E-state index in [1.54, 1.807) is 18.5 Å². The van der Waals surface area contributed by atoms with Crippen molar-refractivity contribution in [1.29, 1.82) is 0 Å². The summed E-state index contributed by atoms with van der Waals surface area (Å²) in [5.41, 5.74) is 8.62. The van der Waals surface area contributed by atoms with E-state index >= 15 is 0 Å². The second kappa shape index (κ2) is 5.62. The van der Waals surface area contributed by atoms with E-state index in [4.69, 9.17) is 5.73 Å². The number of nitrogens with two attached hydrogens (primary N) is 1. The van der Waals surface area contributed by atoms with E-state index in [1.807, 2.05) is 12.1 Å². The number of nitrogen functional groups attached to an aromatic ring is 1. The third-order valence-corrected chi connectivity index (χ3v) is 3.06. The van der Waals surface area contributed by atoms with Crippen LogP contribution in [0.5, 0.6) is 0 Å². The third-order valence-electron chi connectivity index (χ3n) is 3.06. The van der Waals surface area contributed by atoms with Crippen molar-refractivity contribution in [2.75, 3.05) is 11.1 Å². The first-order valence-corrected chi connectivity index (χ1v) is 6.75. The van der Waals surface area contributed by atoms with Gasteiger partial charge >= 0.3 is 0 Å². The quantitative estimate of drug-likeness (QED) is 0.683. The minimum Gasteiger partial charge on any atom is -0.368 e. The maximum absolute atomic E-state index is 5.59. The number of rotatable bonds is 4. The Kier molecular flexibility index (Phi) is 3.51. The van der Waals surface area contributed by atoms with E-state index in [9.17, 15) is 0 Å². The van der Waals surface area contributed by atoms with Gasteiger partial charge in [0, 0.05) is 22.8 Å². The molecule has 0 amide bonds. The predicted octanol–water partition coefficient (Wildman–Crippen LogP) is 3.10. The van der Waals surface area contributed by atoms with Crippen LogP contribution in [0, 0.1) is 0 Å². The molecule has 4 N–H and O–H groups in total. The molecular weight excluding hydrogens is 264 g/mol. The van der Waals surface area contributed by atoms with Crippen LogP contribution in [-0.2, 0) is 0 Å². The Labute approximate surface area is 122 Å². The van der Waals surface area contributed by atoms with Crippen LogP contribution in [-0.4, -0.2) is 20.2 Å². The molecule has 2 aromatic heterocycles. The summed E-state index contributed by atoms with van der Waals surface area (Å²) in [5.74, 6) is 0.909. The summed E-state index contributed by atoms with van der Waals surface area (Å²) in [6, 6.07) is 5.84. The van der Waals surface area contributed by atoms with Crippen LogP contribution < -0.4 is 11.1 Å². The number of anilines is 3. The average Bonchev–Trinajstić information content (AvgIpc) is 2.93. The standard InChI is InChI=1S/C15H16N6/c1-2-3-4-10-7-12(8-11-9-18-21-14(10)11)19-13-5-6-17-15(16)20-13/h3-9H,2H2,1H3,(H,18,21)(H3,16,17,19,20)/b4-3+. The summed E-state index contributed by atoms with van der Waals surface area (Å²) in [4.78, 5) is 8.02. The molecule has 0 bridgehead atoms. The number of nitrogens with one attached hydrogen (secondary N) is 2. The fourth-order valence-electron chi connectivity index (χ4n) is 2.12. The monoisotopic (exact) mass is 280 g/mol. The molecule has 21 heavy (non-hydrogen) atoms. The lowest BCUT2D eigenvalue weighted by Gasteiger charge is -2.07. The van der Waals surface area contributed by atoms with Crippen molar-refractivity contribution in [2.24, 2.45) is 0 Å². The topological polar surface area (TPSA) is 92.5 Å². The van der Waals surface area contributed by atoms with E-state index in [1.165, 1.54) is 0 Å². The van der Waals surface area contributed by atoms with Crippen molar-refractivity contribution >= 4 is 34.4 Å². The van der Waals surface area contributed by atoms with Gasteiger partial charge in [0.15, 0.2) is 0 Å². The molecule has 0 unspecified atom stereocenters. The highest BCUT2D eigenvalue weighted by molar-refractivity contribution is 5.90. The molecule has 6 heteroatoms. The minimum absolute atomic E-state index is 0.246. The lowest BCUT2D eigenvalue weighted by atomic mass is 10.1. The van der Waals surface area contributed by atoms with E-state index in [-0.39, 0.29) is 5.95 Å². The number of H-pyrrole nitrogens is 1. The van der Waals surface area contributed by atoms with Gasteiger partial charge in [-0.2, -0.15) is 10.1 Å². The largest absolute Gasteiger partial charge is 0.368 e. The lowest BCUT2D eigenvalue weighted by molar-refractivity contribution is 1.12. The fraction of sp³-hybridized carbons (Fsp3) is 0.133. The van der Waals surface area contributed by atoms with Gasteiger partial charge in [-0.1, -0.05) is 19.1 Å².